The lowest BCUT2D eigenvalue weighted by Crippen LogP contribution is -2.30. The van der Waals surface area contributed by atoms with Gasteiger partial charge in [0.25, 0.3) is 0 Å². The largest absolute Gasteiger partial charge is 0.374 e. The monoisotopic (exact) mass is 299 g/mol. The highest BCUT2D eigenvalue weighted by molar-refractivity contribution is 5.14. The number of rotatable bonds is 7. The van der Waals surface area contributed by atoms with E-state index in [1.165, 1.54) is 70.2 Å². The maximum Gasteiger partial charge on any atom is 0.0208 e. The molecule has 0 N–H and O–H groups in total. The highest BCUT2D eigenvalue weighted by Crippen LogP contribution is 2.61. The third-order valence-electron chi connectivity index (χ3n) is 7.10. The van der Waals surface area contributed by atoms with Gasteiger partial charge in [-0.05, 0) is 87.4 Å². The smallest absolute Gasteiger partial charge is 0.0208 e. The predicted octanol–water partition coefficient (Wildman–Crippen LogP) is 5.39. The molecular weight excluding hydrogens is 266 g/mol. The van der Waals surface area contributed by atoms with Gasteiger partial charge in [-0.1, -0.05) is 25.2 Å². The zero-order valence-electron chi connectivity index (χ0n) is 14.6. The van der Waals surface area contributed by atoms with Crippen molar-refractivity contribution in [3.8, 4) is 0 Å². The summed E-state index contributed by atoms with van der Waals surface area (Å²) in [5.74, 6) is 3.70. The van der Waals surface area contributed by atoms with Gasteiger partial charge in [0.1, 0.15) is 0 Å². The van der Waals surface area contributed by atoms with Crippen molar-refractivity contribution in [3.63, 3.8) is 0 Å². The normalized spacial score (nSPS) is 37.6. The summed E-state index contributed by atoms with van der Waals surface area (Å²) >= 11 is 0. The zero-order valence-corrected chi connectivity index (χ0v) is 14.6. The summed E-state index contributed by atoms with van der Waals surface area (Å²) in [6, 6.07) is 0. The summed E-state index contributed by atoms with van der Waals surface area (Å²) in [6.45, 7) is 12.0. The summed E-state index contributed by atoms with van der Waals surface area (Å²) in [6.07, 6.45) is 13.8. The molecule has 3 unspecified atom stereocenters. The second kappa shape index (κ2) is 5.42. The van der Waals surface area contributed by atoms with E-state index >= 15 is 0 Å². The summed E-state index contributed by atoms with van der Waals surface area (Å²) < 4.78 is 0. The van der Waals surface area contributed by atoms with Gasteiger partial charge in [0, 0.05) is 18.8 Å². The minimum Gasteiger partial charge on any atom is -0.374 e. The SMILES string of the molecule is C=C(C1CC1)N(CC1CC1)CC1CC1(C)C1CC=C(C)CC1. The van der Waals surface area contributed by atoms with Gasteiger partial charge in [0.15, 0.2) is 0 Å². The van der Waals surface area contributed by atoms with Crippen molar-refractivity contribution in [1.82, 2.24) is 4.90 Å². The molecule has 0 amide bonds. The van der Waals surface area contributed by atoms with E-state index in [1.807, 2.05) is 0 Å². The van der Waals surface area contributed by atoms with Crippen molar-refractivity contribution in [1.29, 1.82) is 0 Å². The summed E-state index contributed by atoms with van der Waals surface area (Å²) in [7, 11) is 0. The van der Waals surface area contributed by atoms with Crippen molar-refractivity contribution in [2.24, 2.45) is 29.1 Å². The first-order valence-electron chi connectivity index (χ1n) is 9.65. The number of hydrogen-bond donors (Lipinski definition) is 0. The molecule has 0 aromatic heterocycles. The van der Waals surface area contributed by atoms with E-state index in [0.717, 1.165) is 23.7 Å². The minimum atomic E-state index is 0.628. The molecule has 3 saturated carbocycles. The van der Waals surface area contributed by atoms with Gasteiger partial charge >= 0.3 is 0 Å². The van der Waals surface area contributed by atoms with Crippen molar-refractivity contribution in [2.45, 2.75) is 65.2 Å². The topological polar surface area (TPSA) is 3.24 Å². The Bertz CT molecular complexity index is 482. The molecule has 0 heterocycles. The van der Waals surface area contributed by atoms with E-state index in [0.29, 0.717) is 5.41 Å². The summed E-state index contributed by atoms with van der Waals surface area (Å²) in [4.78, 5) is 2.72. The van der Waals surface area contributed by atoms with Crippen LogP contribution in [0.1, 0.15) is 65.2 Å². The molecule has 0 spiro atoms. The lowest BCUT2D eigenvalue weighted by molar-refractivity contribution is 0.236. The van der Waals surface area contributed by atoms with Crippen molar-refractivity contribution >= 4 is 0 Å². The second-order valence-corrected chi connectivity index (χ2v) is 9.04. The van der Waals surface area contributed by atoms with Crippen LogP contribution < -0.4 is 0 Å². The molecule has 0 saturated heterocycles. The molecule has 0 radical (unpaired) electrons. The average molecular weight is 300 g/mol. The van der Waals surface area contributed by atoms with Crippen LogP contribution in [-0.4, -0.2) is 18.0 Å². The van der Waals surface area contributed by atoms with E-state index in [1.54, 1.807) is 5.57 Å². The van der Waals surface area contributed by atoms with Crippen LogP contribution >= 0.6 is 0 Å². The molecule has 0 aromatic rings. The fourth-order valence-corrected chi connectivity index (χ4v) is 4.67. The van der Waals surface area contributed by atoms with Crippen molar-refractivity contribution < 1.29 is 0 Å². The highest BCUT2D eigenvalue weighted by atomic mass is 15.2. The van der Waals surface area contributed by atoms with Gasteiger partial charge in [0.05, 0.1) is 0 Å². The van der Waals surface area contributed by atoms with Crippen LogP contribution in [0.4, 0.5) is 0 Å². The van der Waals surface area contributed by atoms with Gasteiger partial charge in [0.2, 0.25) is 0 Å². The molecule has 122 valence electrons. The highest BCUT2D eigenvalue weighted by Gasteiger charge is 2.55. The second-order valence-electron chi connectivity index (χ2n) is 9.04. The maximum atomic E-state index is 4.47. The first kappa shape index (κ1) is 14.8. The summed E-state index contributed by atoms with van der Waals surface area (Å²) in [5, 5.41) is 0. The fraction of sp³-hybridized carbons (Fsp3) is 0.810. The van der Waals surface area contributed by atoms with Crippen LogP contribution in [-0.2, 0) is 0 Å². The van der Waals surface area contributed by atoms with E-state index in [2.05, 4.69) is 31.4 Å². The summed E-state index contributed by atoms with van der Waals surface area (Å²) in [5.41, 5.74) is 3.73. The first-order valence-corrected chi connectivity index (χ1v) is 9.65. The molecule has 0 aliphatic heterocycles. The van der Waals surface area contributed by atoms with Crippen LogP contribution in [0.5, 0.6) is 0 Å². The van der Waals surface area contributed by atoms with Crippen LogP contribution in [0.3, 0.4) is 0 Å². The van der Waals surface area contributed by atoms with E-state index in [9.17, 15) is 0 Å². The molecule has 4 rings (SSSR count). The minimum absolute atomic E-state index is 0.628. The Balaban J connectivity index is 1.36. The quantitative estimate of drug-likeness (QED) is 0.569. The molecule has 4 aliphatic rings. The molecular formula is C21H33N. The Labute approximate surface area is 136 Å². The lowest BCUT2D eigenvalue weighted by Gasteiger charge is -2.31. The maximum absolute atomic E-state index is 4.47. The molecule has 3 atom stereocenters. The zero-order chi connectivity index (χ0) is 15.3. The van der Waals surface area contributed by atoms with Gasteiger partial charge in [-0.2, -0.15) is 0 Å². The Hall–Kier alpha value is -0.720. The Kier molecular flexibility index (Phi) is 3.66. The fourth-order valence-electron chi connectivity index (χ4n) is 4.67. The molecule has 0 aromatic carbocycles. The first-order chi connectivity index (χ1) is 10.6. The van der Waals surface area contributed by atoms with Gasteiger partial charge in [-0.15, -0.1) is 0 Å². The Morgan fingerprint density at radius 3 is 2.59 bits per heavy atom. The van der Waals surface area contributed by atoms with Gasteiger partial charge in [-0.3, -0.25) is 0 Å². The van der Waals surface area contributed by atoms with Crippen molar-refractivity contribution in [3.05, 3.63) is 23.9 Å². The van der Waals surface area contributed by atoms with Crippen molar-refractivity contribution in [2.75, 3.05) is 13.1 Å². The third kappa shape index (κ3) is 3.01. The van der Waals surface area contributed by atoms with Gasteiger partial charge in [-0.25, -0.2) is 0 Å². The standard InChI is InChI=1S/C21H33N/c1-15-4-10-19(11-5-15)21(3)12-20(21)14-22(13-17-6-7-17)16(2)18-8-9-18/h4,17-20H,2,5-14H2,1,3H3. The number of allylic oxidation sites excluding steroid dienone is 3. The van der Waals surface area contributed by atoms with Gasteiger partial charge < -0.3 is 4.90 Å². The molecule has 22 heavy (non-hydrogen) atoms. The number of hydrogen-bond acceptors (Lipinski definition) is 1. The molecule has 0 bridgehead atoms. The van der Waals surface area contributed by atoms with Crippen LogP contribution in [0.15, 0.2) is 23.9 Å². The third-order valence-corrected chi connectivity index (χ3v) is 7.10. The Morgan fingerprint density at radius 1 is 1.23 bits per heavy atom. The molecule has 3 fully saturated rings. The van der Waals surface area contributed by atoms with E-state index < -0.39 is 0 Å². The Morgan fingerprint density at radius 2 is 2.00 bits per heavy atom. The molecule has 1 heteroatoms. The molecule has 4 aliphatic carbocycles. The van der Waals surface area contributed by atoms with E-state index in [4.69, 9.17) is 0 Å². The lowest BCUT2D eigenvalue weighted by atomic mass is 9.78. The average Bonchev–Trinajstić information content (AvgIpc) is 3.34. The molecule has 1 nitrogen and oxygen atoms in total. The van der Waals surface area contributed by atoms with Crippen LogP contribution in [0.2, 0.25) is 0 Å². The van der Waals surface area contributed by atoms with Crippen LogP contribution in [0, 0.1) is 29.1 Å². The predicted molar refractivity (Wildman–Crippen MR) is 93.5 cm³/mol. The van der Waals surface area contributed by atoms with Crippen LogP contribution in [0.25, 0.3) is 0 Å². The number of nitrogens with zero attached hydrogens (tertiary/aromatic N) is 1. The van der Waals surface area contributed by atoms with E-state index in [-0.39, 0.29) is 0 Å².